The highest BCUT2D eigenvalue weighted by molar-refractivity contribution is 9.10. The first-order valence-electron chi connectivity index (χ1n) is 4.23. The molecule has 0 atom stereocenters. The van der Waals surface area contributed by atoms with E-state index in [0.29, 0.717) is 10.4 Å². The van der Waals surface area contributed by atoms with Crippen molar-refractivity contribution in [1.29, 1.82) is 0 Å². The van der Waals surface area contributed by atoms with Gasteiger partial charge in [0.05, 0.1) is 6.34 Å². The zero-order valence-corrected chi connectivity index (χ0v) is 9.85. The molecule has 0 aliphatic rings. The van der Waals surface area contributed by atoms with Crippen molar-refractivity contribution in [3.8, 4) is 0 Å². The second kappa shape index (κ2) is 3.93. The lowest BCUT2D eigenvalue weighted by molar-refractivity contribution is 0.643. The number of fused-ring (bicyclic) bond motifs is 1. The van der Waals surface area contributed by atoms with E-state index in [9.17, 15) is 0 Å². The van der Waals surface area contributed by atoms with Crippen LogP contribution in [0.25, 0.3) is 11.0 Å². The van der Waals surface area contributed by atoms with Gasteiger partial charge in [0.1, 0.15) is 17.4 Å². The van der Waals surface area contributed by atoms with Gasteiger partial charge in [0.15, 0.2) is 10.4 Å². The number of nitrogens with one attached hydrogen (secondary N) is 1. The molecule has 0 aliphatic heterocycles. The van der Waals surface area contributed by atoms with Crippen LogP contribution in [-0.4, -0.2) is 45.5 Å². The number of rotatable bonds is 2. The van der Waals surface area contributed by atoms with E-state index in [4.69, 9.17) is 0 Å². The van der Waals surface area contributed by atoms with Gasteiger partial charge < -0.3 is 4.90 Å². The molecule has 7 heteroatoms. The summed E-state index contributed by atoms with van der Waals surface area (Å²) in [5.74, 6) is 0.576. The number of nitrogens with zero attached hydrogens (tertiary/aromatic N) is 5. The predicted octanol–water partition coefficient (Wildman–Crippen LogP) is 1.34. The van der Waals surface area contributed by atoms with Crippen molar-refractivity contribution in [1.82, 2.24) is 25.1 Å². The van der Waals surface area contributed by atoms with Crippen molar-refractivity contribution in [3.05, 3.63) is 10.9 Å². The number of hydrogen-bond donors (Lipinski definition) is 1. The summed E-state index contributed by atoms with van der Waals surface area (Å²) < 4.78 is 0.668. The molecule has 15 heavy (non-hydrogen) atoms. The first-order chi connectivity index (χ1) is 7.18. The fourth-order valence-electron chi connectivity index (χ4n) is 1.06. The molecule has 0 spiro atoms. The topological polar surface area (TPSA) is 70.1 Å². The summed E-state index contributed by atoms with van der Waals surface area (Å²) >= 11 is 3.29. The first kappa shape index (κ1) is 10.0. The molecular weight excluding hydrogens is 260 g/mol. The Balaban J connectivity index is 2.52. The average Bonchev–Trinajstić information content (AvgIpc) is 2.58. The van der Waals surface area contributed by atoms with Crippen LogP contribution in [0.5, 0.6) is 0 Å². The van der Waals surface area contributed by atoms with Crippen molar-refractivity contribution in [2.45, 2.75) is 0 Å². The molecule has 0 unspecified atom stereocenters. The lowest BCUT2D eigenvalue weighted by Gasteiger charge is -2.01. The molecule has 0 amide bonds. The van der Waals surface area contributed by atoms with Gasteiger partial charge in [0, 0.05) is 14.1 Å². The van der Waals surface area contributed by atoms with Crippen molar-refractivity contribution >= 4 is 39.1 Å². The monoisotopic (exact) mass is 268 g/mol. The van der Waals surface area contributed by atoms with E-state index < -0.39 is 0 Å². The Morgan fingerprint density at radius 1 is 1.47 bits per heavy atom. The number of aliphatic imine (C=N–C) groups is 1. The van der Waals surface area contributed by atoms with E-state index in [0.717, 1.165) is 11.0 Å². The third-order valence-electron chi connectivity index (χ3n) is 1.70. The largest absolute Gasteiger partial charge is 0.369 e. The third kappa shape index (κ3) is 1.96. The molecule has 0 aliphatic carbocycles. The summed E-state index contributed by atoms with van der Waals surface area (Å²) in [5, 5.41) is 6.81. The Morgan fingerprint density at radius 3 is 3.00 bits per heavy atom. The molecule has 0 saturated heterocycles. The summed E-state index contributed by atoms with van der Waals surface area (Å²) in [6, 6.07) is 0. The fraction of sp³-hybridized carbons (Fsp3) is 0.250. The Labute approximate surface area is 94.6 Å². The van der Waals surface area contributed by atoms with Crippen molar-refractivity contribution in [3.63, 3.8) is 0 Å². The Bertz CT molecular complexity index is 503. The van der Waals surface area contributed by atoms with Crippen LogP contribution in [-0.2, 0) is 0 Å². The van der Waals surface area contributed by atoms with Crippen molar-refractivity contribution < 1.29 is 0 Å². The highest BCUT2D eigenvalue weighted by Gasteiger charge is 2.08. The van der Waals surface area contributed by atoms with E-state index in [1.54, 1.807) is 6.34 Å². The fourth-order valence-corrected chi connectivity index (χ4v) is 1.45. The number of H-pyrrole nitrogens is 1. The van der Waals surface area contributed by atoms with E-state index in [1.807, 2.05) is 19.0 Å². The number of halogens is 1. The molecule has 6 nitrogen and oxygen atoms in total. The maximum Gasteiger partial charge on any atom is 0.182 e. The normalized spacial score (nSPS) is 11.4. The van der Waals surface area contributed by atoms with Crippen molar-refractivity contribution in [2.75, 3.05) is 14.1 Å². The smallest absolute Gasteiger partial charge is 0.182 e. The van der Waals surface area contributed by atoms with E-state index >= 15 is 0 Å². The summed E-state index contributed by atoms with van der Waals surface area (Å²) in [6.07, 6.45) is 3.14. The Kier molecular flexibility index (Phi) is 2.63. The quantitative estimate of drug-likeness (QED) is 0.659. The molecule has 0 aromatic carbocycles. The minimum Gasteiger partial charge on any atom is -0.369 e. The molecule has 0 saturated carbocycles. The zero-order chi connectivity index (χ0) is 10.8. The van der Waals surface area contributed by atoms with Crippen LogP contribution in [0, 0.1) is 0 Å². The molecular formula is C8H9BrN6. The minimum absolute atomic E-state index is 0.576. The zero-order valence-electron chi connectivity index (χ0n) is 8.27. The molecule has 78 valence electrons. The maximum absolute atomic E-state index is 4.20. The van der Waals surface area contributed by atoms with E-state index in [-0.39, 0.29) is 0 Å². The van der Waals surface area contributed by atoms with Crippen LogP contribution in [0.4, 0.5) is 5.82 Å². The first-order valence-corrected chi connectivity index (χ1v) is 5.03. The lowest BCUT2D eigenvalue weighted by atomic mass is 10.4. The number of hydrogen-bond acceptors (Lipinski definition) is 4. The van der Waals surface area contributed by atoms with Gasteiger partial charge in [-0.05, 0) is 15.9 Å². The van der Waals surface area contributed by atoms with Gasteiger partial charge in [-0.15, -0.1) is 0 Å². The Morgan fingerprint density at radius 2 is 2.27 bits per heavy atom. The predicted molar refractivity (Wildman–Crippen MR) is 61.2 cm³/mol. The standard InChI is InChI=1S/C8H9BrN6/c1-15(2)4-12-8-6-5(10-3-11-8)7(9)14-13-6/h3-4H,1-2H3,(H,13,14)/b12-4+. The molecule has 0 fully saturated rings. The van der Waals surface area contributed by atoms with Crippen LogP contribution in [0.1, 0.15) is 0 Å². The van der Waals surface area contributed by atoms with Gasteiger partial charge in [-0.2, -0.15) is 5.10 Å². The lowest BCUT2D eigenvalue weighted by Crippen LogP contribution is -2.07. The van der Waals surface area contributed by atoms with Gasteiger partial charge in [0.2, 0.25) is 0 Å². The summed E-state index contributed by atoms with van der Waals surface area (Å²) in [5.41, 5.74) is 1.46. The SMILES string of the molecule is CN(C)/C=N/c1ncnc2c(Br)n[nH]c12. The summed E-state index contributed by atoms with van der Waals surface area (Å²) in [7, 11) is 3.79. The Hall–Kier alpha value is -1.50. The van der Waals surface area contributed by atoms with Gasteiger partial charge in [-0.1, -0.05) is 0 Å². The van der Waals surface area contributed by atoms with Gasteiger partial charge in [-0.25, -0.2) is 15.0 Å². The van der Waals surface area contributed by atoms with Crippen LogP contribution in [0.15, 0.2) is 15.9 Å². The van der Waals surface area contributed by atoms with Crippen LogP contribution < -0.4 is 0 Å². The van der Waals surface area contributed by atoms with Gasteiger partial charge in [-0.3, -0.25) is 5.10 Å². The molecule has 2 heterocycles. The van der Waals surface area contributed by atoms with Crippen LogP contribution in [0.3, 0.4) is 0 Å². The summed E-state index contributed by atoms with van der Waals surface area (Å²) in [4.78, 5) is 14.2. The average molecular weight is 269 g/mol. The van der Waals surface area contributed by atoms with Crippen LogP contribution in [0.2, 0.25) is 0 Å². The second-order valence-corrected chi connectivity index (χ2v) is 3.89. The molecule has 2 rings (SSSR count). The highest BCUT2D eigenvalue weighted by Crippen LogP contribution is 2.24. The highest BCUT2D eigenvalue weighted by atomic mass is 79.9. The van der Waals surface area contributed by atoms with Gasteiger partial charge in [0.25, 0.3) is 0 Å². The van der Waals surface area contributed by atoms with Gasteiger partial charge >= 0.3 is 0 Å². The molecule has 0 bridgehead atoms. The van der Waals surface area contributed by atoms with E-state index in [1.165, 1.54) is 6.33 Å². The van der Waals surface area contributed by atoms with Crippen LogP contribution >= 0.6 is 15.9 Å². The third-order valence-corrected chi connectivity index (χ3v) is 2.25. The second-order valence-electron chi connectivity index (χ2n) is 3.14. The summed E-state index contributed by atoms with van der Waals surface area (Å²) in [6.45, 7) is 0. The molecule has 0 radical (unpaired) electrons. The van der Waals surface area contributed by atoms with Crippen molar-refractivity contribution in [2.24, 2.45) is 4.99 Å². The molecule has 2 aromatic rings. The number of aromatic amines is 1. The number of aromatic nitrogens is 4. The maximum atomic E-state index is 4.20. The minimum atomic E-state index is 0.576. The molecule has 1 N–H and O–H groups in total. The molecule has 2 aromatic heterocycles. The van der Waals surface area contributed by atoms with E-state index in [2.05, 4.69) is 41.1 Å².